The van der Waals surface area contributed by atoms with Gasteiger partial charge in [-0.1, -0.05) is 30.3 Å². The molecule has 0 spiro atoms. The minimum atomic E-state index is -4.17. The lowest BCUT2D eigenvalue weighted by atomic mass is 10.2. The Morgan fingerprint density at radius 1 is 1.13 bits per heavy atom. The number of amides is 4. The Balaban J connectivity index is 2.95. The summed E-state index contributed by atoms with van der Waals surface area (Å²) in [4.78, 5) is 46.4. The molecule has 1 unspecified atom stereocenters. The van der Waals surface area contributed by atoms with Crippen molar-refractivity contribution in [3.63, 3.8) is 0 Å². The third-order valence-electron chi connectivity index (χ3n) is 3.11. The van der Waals surface area contributed by atoms with E-state index in [0.717, 1.165) is 0 Å². The number of rotatable bonds is 10. The number of imide groups is 1. The van der Waals surface area contributed by atoms with Gasteiger partial charge >= 0.3 is 12.2 Å². The van der Waals surface area contributed by atoms with Crippen molar-refractivity contribution in [1.29, 1.82) is 0 Å². The second kappa shape index (κ2) is 11.9. The average molecular weight is 466 g/mol. The zero-order valence-corrected chi connectivity index (χ0v) is 17.3. The Kier molecular flexibility index (Phi) is 10.0. The van der Waals surface area contributed by atoms with Gasteiger partial charge in [-0.25, -0.2) is 9.59 Å². The van der Waals surface area contributed by atoms with Gasteiger partial charge < -0.3 is 15.2 Å². The second-order valence-electron chi connectivity index (χ2n) is 5.72. The van der Waals surface area contributed by atoms with Gasteiger partial charge in [0.2, 0.25) is 18.0 Å². The third kappa shape index (κ3) is 10.6. The SMILES string of the molecule is CS(=O)(=O)O[C@@H](CC(N)=O)C(NC(=O)OCc1ccccc1)OC(=O)NC(=O)CCl. The van der Waals surface area contributed by atoms with Crippen LogP contribution in [0.25, 0.3) is 0 Å². The molecule has 0 aromatic heterocycles. The number of nitrogens with two attached hydrogens (primary N) is 1. The molecule has 0 aliphatic rings. The van der Waals surface area contributed by atoms with Gasteiger partial charge in [-0.2, -0.15) is 8.42 Å². The first-order valence-corrected chi connectivity index (χ1v) is 10.6. The molecule has 0 fully saturated rings. The topological polar surface area (TPSA) is 180 Å². The number of carbonyl (C=O) groups excluding carboxylic acids is 4. The van der Waals surface area contributed by atoms with Gasteiger partial charge in [-0.05, 0) is 5.56 Å². The van der Waals surface area contributed by atoms with E-state index in [1.54, 1.807) is 35.6 Å². The quantitative estimate of drug-likeness (QED) is 0.242. The molecule has 4 amide bonds. The second-order valence-corrected chi connectivity index (χ2v) is 7.59. The Morgan fingerprint density at radius 2 is 1.77 bits per heavy atom. The number of nitrogens with one attached hydrogen (secondary N) is 2. The molecule has 1 aromatic rings. The van der Waals surface area contributed by atoms with Crippen LogP contribution in [0.2, 0.25) is 0 Å². The number of ether oxygens (including phenoxy) is 2. The molecule has 2 atom stereocenters. The highest BCUT2D eigenvalue weighted by atomic mass is 35.5. The maximum Gasteiger partial charge on any atom is 0.415 e. The number of alkyl halides is 1. The van der Waals surface area contributed by atoms with Crippen molar-refractivity contribution in [2.24, 2.45) is 5.73 Å². The van der Waals surface area contributed by atoms with Crippen molar-refractivity contribution in [3.8, 4) is 0 Å². The van der Waals surface area contributed by atoms with Crippen LogP contribution in [0.15, 0.2) is 30.3 Å². The molecule has 4 N–H and O–H groups in total. The summed E-state index contributed by atoms with van der Waals surface area (Å²) in [5.74, 6) is -2.52. The fourth-order valence-corrected chi connectivity index (χ4v) is 2.67. The highest BCUT2D eigenvalue weighted by molar-refractivity contribution is 7.86. The van der Waals surface area contributed by atoms with Crippen LogP contribution in [0.1, 0.15) is 12.0 Å². The highest BCUT2D eigenvalue weighted by Crippen LogP contribution is 2.11. The minimum absolute atomic E-state index is 0.163. The fraction of sp³-hybridized carbons (Fsp3) is 0.375. The van der Waals surface area contributed by atoms with Crippen LogP contribution < -0.4 is 16.4 Å². The summed E-state index contributed by atoms with van der Waals surface area (Å²) in [5.41, 5.74) is 5.70. The minimum Gasteiger partial charge on any atom is -0.445 e. The lowest BCUT2D eigenvalue weighted by Crippen LogP contribution is -2.51. The summed E-state index contributed by atoms with van der Waals surface area (Å²) in [6.45, 7) is -0.163. The van der Waals surface area contributed by atoms with Crippen molar-refractivity contribution in [2.75, 3.05) is 12.1 Å². The number of hydrogen-bond acceptors (Lipinski definition) is 9. The van der Waals surface area contributed by atoms with Crippen LogP contribution >= 0.6 is 11.6 Å². The number of hydrogen-bond donors (Lipinski definition) is 3. The van der Waals surface area contributed by atoms with E-state index >= 15 is 0 Å². The summed E-state index contributed by atoms with van der Waals surface area (Å²) in [6.07, 6.45) is -6.21. The number of carbonyl (C=O) groups is 4. The molecular formula is C16H20ClN3O9S. The summed E-state index contributed by atoms with van der Waals surface area (Å²) >= 11 is 5.26. The van der Waals surface area contributed by atoms with Crippen molar-refractivity contribution in [3.05, 3.63) is 35.9 Å². The molecule has 0 aliphatic heterocycles. The van der Waals surface area contributed by atoms with Crippen molar-refractivity contribution < 1.29 is 41.3 Å². The van der Waals surface area contributed by atoms with Crippen molar-refractivity contribution >= 4 is 45.7 Å². The Hall–Kier alpha value is -2.90. The number of alkyl carbamates (subject to hydrolysis) is 2. The van der Waals surface area contributed by atoms with E-state index in [0.29, 0.717) is 11.8 Å². The smallest absolute Gasteiger partial charge is 0.415 e. The van der Waals surface area contributed by atoms with E-state index < -0.39 is 58.8 Å². The maximum absolute atomic E-state index is 12.1. The van der Waals surface area contributed by atoms with Gasteiger partial charge in [0.25, 0.3) is 10.1 Å². The van der Waals surface area contributed by atoms with Gasteiger partial charge in [-0.15, -0.1) is 11.6 Å². The zero-order valence-electron chi connectivity index (χ0n) is 15.7. The first kappa shape index (κ1) is 25.1. The summed E-state index contributed by atoms with van der Waals surface area (Å²) in [5, 5.41) is 3.77. The predicted octanol–water partition coefficient (Wildman–Crippen LogP) is -0.0493. The number of primary amides is 1. The molecule has 12 nitrogen and oxygen atoms in total. The summed E-state index contributed by atoms with van der Waals surface area (Å²) < 4.78 is 37.4. The van der Waals surface area contributed by atoms with E-state index in [2.05, 4.69) is 5.32 Å². The van der Waals surface area contributed by atoms with Gasteiger partial charge in [0, 0.05) is 0 Å². The van der Waals surface area contributed by atoms with Crippen molar-refractivity contribution in [1.82, 2.24) is 10.6 Å². The summed E-state index contributed by atoms with van der Waals surface area (Å²) in [7, 11) is -4.17. The van der Waals surface area contributed by atoms with E-state index in [4.69, 9.17) is 31.0 Å². The Bertz CT molecular complexity index is 864. The van der Waals surface area contributed by atoms with Crippen LogP contribution in [0, 0.1) is 0 Å². The number of halogens is 1. The van der Waals surface area contributed by atoms with Gasteiger partial charge in [0.05, 0.1) is 12.7 Å². The Morgan fingerprint density at radius 3 is 2.30 bits per heavy atom. The van der Waals surface area contributed by atoms with E-state index in [-0.39, 0.29) is 6.61 Å². The molecule has 166 valence electrons. The highest BCUT2D eigenvalue weighted by Gasteiger charge is 2.33. The van der Waals surface area contributed by atoms with Crippen LogP contribution in [-0.4, -0.2) is 56.9 Å². The zero-order chi connectivity index (χ0) is 22.7. The molecule has 30 heavy (non-hydrogen) atoms. The molecule has 0 heterocycles. The monoisotopic (exact) mass is 465 g/mol. The van der Waals surface area contributed by atoms with Gasteiger partial charge in [-0.3, -0.25) is 24.4 Å². The molecular weight excluding hydrogens is 446 g/mol. The number of benzene rings is 1. The predicted molar refractivity (Wildman–Crippen MR) is 102 cm³/mol. The molecule has 14 heteroatoms. The third-order valence-corrected chi connectivity index (χ3v) is 3.95. The molecule has 0 bridgehead atoms. The first-order chi connectivity index (χ1) is 14.0. The van der Waals surface area contributed by atoms with Crippen LogP contribution in [0.4, 0.5) is 9.59 Å². The Labute approximate surface area is 177 Å². The normalized spacial score (nSPS) is 12.9. The van der Waals surface area contributed by atoms with E-state index in [9.17, 15) is 27.6 Å². The largest absolute Gasteiger partial charge is 0.445 e. The van der Waals surface area contributed by atoms with Crippen molar-refractivity contribution in [2.45, 2.75) is 25.4 Å². The molecule has 0 aliphatic carbocycles. The molecule has 0 saturated carbocycles. The molecule has 1 rings (SSSR count). The molecule has 0 saturated heterocycles. The van der Waals surface area contributed by atoms with E-state index in [1.165, 1.54) is 0 Å². The first-order valence-electron chi connectivity index (χ1n) is 8.20. The van der Waals surface area contributed by atoms with Gasteiger partial charge in [0.15, 0.2) is 0 Å². The fourth-order valence-electron chi connectivity index (χ4n) is 1.99. The standard InChI is InChI=1S/C16H20ClN3O9S/c1-30(25,26)29-11(7-12(18)21)14(28-16(24)19-13(22)8-17)20-15(23)27-9-10-5-3-2-4-6-10/h2-6,11,14H,7-9H2,1H3,(H2,18,21)(H,20,23)(H,19,22,24)/t11-,14?/m0/s1. The van der Waals surface area contributed by atoms with Crippen LogP contribution in [0.3, 0.4) is 0 Å². The average Bonchev–Trinajstić information content (AvgIpc) is 2.64. The lowest BCUT2D eigenvalue weighted by Gasteiger charge is -2.25. The van der Waals surface area contributed by atoms with Gasteiger partial charge in [0.1, 0.15) is 18.6 Å². The molecule has 1 aromatic carbocycles. The summed E-state index contributed by atoms with van der Waals surface area (Å²) in [6, 6.07) is 8.53. The van der Waals surface area contributed by atoms with E-state index in [1.807, 2.05) is 0 Å². The van der Waals surface area contributed by atoms with Crippen LogP contribution in [0.5, 0.6) is 0 Å². The lowest BCUT2D eigenvalue weighted by molar-refractivity contribution is -0.122. The molecule has 0 radical (unpaired) electrons. The van der Waals surface area contributed by atoms with Crippen LogP contribution in [-0.2, 0) is 40.0 Å². The maximum atomic E-state index is 12.1.